The van der Waals surface area contributed by atoms with E-state index in [9.17, 15) is 13.6 Å². The van der Waals surface area contributed by atoms with Crippen LogP contribution in [-0.4, -0.2) is 17.3 Å². The summed E-state index contributed by atoms with van der Waals surface area (Å²) in [7, 11) is 1.48. The maximum Gasteiger partial charge on any atom is 0.257 e. The van der Waals surface area contributed by atoms with Gasteiger partial charge in [-0.15, -0.1) is 0 Å². The molecule has 0 unspecified atom stereocenters. The summed E-state index contributed by atoms with van der Waals surface area (Å²) in [5.74, 6) is -2.05. The largest absolute Gasteiger partial charge is 0.382 e. The molecule has 1 heterocycles. The molecule has 2 rings (SSSR count). The average Bonchev–Trinajstić information content (AvgIpc) is 2.80. The third-order valence-electron chi connectivity index (χ3n) is 2.61. The van der Waals surface area contributed by atoms with Crippen molar-refractivity contribution in [2.45, 2.75) is 6.54 Å². The molecule has 0 aliphatic rings. The van der Waals surface area contributed by atoms with Crippen LogP contribution in [-0.2, 0) is 6.54 Å². The standard InChI is InChI=1S/C12H12F2N4OS/c1-16-11(19)9-10(15)18-20-12(9)17-5-6-2-3-7(13)8(14)4-6/h2-4,17H,5H2,1H3,(H2,15,18)(H,16,19). The lowest BCUT2D eigenvalue weighted by molar-refractivity contribution is 0.0965. The molecule has 1 aromatic heterocycles. The van der Waals surface area contributed by atoms with Crippen molar-refractivity contribution in [3.8, 4) is 0 Å². The topological polar surface area (TPSA) is 80.0 Å². The molecule has 4 N–H and O–H groups in total. The zero-order valence-corrected chi connectivity index (χ0v) is 11.4. The highest BCUT2D eigenvalue weighted by molar-refractivity contribution is 7.11. The summed E-state index contributed by atoms with van der Waals surface area (Å²) >= 11 is 1.03. The van der Waals surface area contributed by atoms with Gasteiger partial charge < -0.3 is 16.4 Å². The molecule has 2 aromatic rings. The van der Waals surface area contributed by atoms with Gasteiger partial charge in [0.25, 0.3) is 5.91 Å². The van der Waals surface area contributed by atoms with Crippen LogP contribution in [0, 0.1) is 11.6 Å². The first-order chi connectivity index (χ1) is 9.52. The number of rotatable bonds is 4. The minimum absolute atomic E-state index is 0.127. The molecule has 0 fully saturated rings. The first-order valence-corrected chi connectivity index (χ1v) is 6.45. The molecule has 1 aromatic carbocycles. The SMILES string of the molecule is CNC(=O)c1c(N)nsc1NCc1ccc(F)c(F)c1. The van der Waals surface area contributed by atoms with Crippen LogP contribution in [0.25, 0.3) is 0 Å². The number of nitrogens with zero attached hydrogens (tertiary/aromatic N) is 1. The quantitative estimate of drug-likeness (QED) is 0.806. The number of halogens is 2. The first-order valence-electron chi connectivity index (χ1n) is 5.68. The Hall–Kier alpha value is -2.22. The summed E-state index contributed by atoms with van der Waals surface area (Å²) in [4.78, 5) is 11.7. The number of nitrogen functional groups attached to an aromatic ring is 1. The molecule has 0 saturated heterocycles. The minimum atomic E-state index is -0.917. The van der Waals surface area contributed by atoms with Crippen molar-refractivity contribution in [2.24, 2.45) is 0 Å². The smallest absolute Gasteiger partial charge is 0.257 e. The molecule has 0 atom stereocenters. The molecule has 0 aliphatic carbocycles. The van der Waals surface area contributed by atoms with Crippen LogP contribution in [0.15, 0.2) is 18.2 Å². The highest BCUT2D eigenvalue weighted by Gasteiger charge is 2.18. The van der Waals surface area contributed by atoms with Crippen LogP contribution in [0.2, 0.25) is 0 Å². The molecule has 0 aliphatic heterocycles. The number of nitrogens with two attached hydrogens (primary N) is 1. The Morgan fingerprint density at radius 1 is 1.40 bits per heavy atom. The van der Waals surface area contributed by atoms with Crippen molar-refractivity contribution in [3.05, 3.63) is 41.0 Å². The first kappa shape index (κ1) is 14.2. The number of carbonyl (C=O) groups excluding carboxylic acids is 1. The predicted octanol–water partition coefficient (Wildman–Crippen LogP) is 1.98. The molecule has 5 nitrogen and oxygen atoms in total. The monoisotopic (exact) mass is 298 g/mol. The van der Waals surface area contributed by atoms with Crippen molar-refractivity contribution < 1.29 is 13.6 Å². The number of anilines is 2. The number of hydrogen-bond acceptors (Lipinski definition) is 5. The molecule has 0 spiro atoms. The van der Waals surface area contributed by atoms with Gasteiger partial charge in [-0.25, -0.2) is 8.78 Å². The fraction of sp³-hybridized carbons (Fsp3) is 0.167. The average molecular weight is 298 g/mol. The van der Waals surface area contributed by atoms with E-state index in [4.69, 9.17) is 5.73 Å². The molecular formula is C12H12F2N4OS. The molecule has 0 saturated carbocycles. The Kier molecular flexibility index (Phi) is 4.14. The number of aromatic nitrogens is 1. The summed E-state index contributed by atoms with van der Waals surface area (Å²) in [6.45, 7) is 0.225. The number of nitrogens with one attached hydrogen (secondary N) is 2. The van der Waals surface area contributed by atoms with Gasteiger partial charge in [-0.3, -0.25) is 4.79 Å². The van der Waals surface area contributed by atoms with Crippen molar-refractivity contribution in [1.29, 1.82) is 0 Å². The number of carbonyl (C=O) groups is 1. The van der Waals surface area contributed by atoms with E-state index in [1.807, 2.05) is 0 Å². The third kappa shape index (κ3) is 2.85. The molecule has 20 heavy (non-hydrogen) atoms. The Bertz CT molecular complexity index is 644. The van der Waals surface area contributed by atoms with Crippen molar-refractivity contribution in [3.63, 3.8) is 0 Å². The second-order valence-electron chi connectivity index (χ2n) is 3.95. The van der Waals surface area contributed by atoms with Crippen LogP contribution < -0.4 is 16.4 Å². The number of hydrogen-bond donors (Lipinski definition) is 3. The number of benzene rings is 1. The molecule has 106 valence electrons. The Morgan fingerprint density at radius 2 is 2.15 bits per heavy atom. The van der Waals surface area contributed by atoms with Gasteiger partial charge in [-0.2, -0.15) is 4.37 Å². The van der Waals surface area contributed by atoms with Gasteiger partial charge in [0.1, 0.15) is 10.6 Å². The lowest BCUT2D eigenvalue weighted by atomic mass is 10.2. The van der Waals surface area contributed by atoms with Crippen molar-refractivity contribution in [1.82, 2.24) is 9.69 Å². The van der Waals surface area contributed by atoms with Gasteiger partial charge in [0.05, 0.1) is 0 Å². The normalized spacial score (nSPS) is 10.3. The van der Waals surface area contributed by atoms with E-state index in [1.54, 1.807) is 0 Å². The summed E-state index contributed by atoms with van der Waals surface area (Å²) in [6.07, 6.45) is 0. The summed E-state index contributed by atoms with van der Waals surface area (Å²) < 4.78 is 29.8. The van der Waals surface area contributed by atoms with Gasteiger partial charge in [0.15, 0.2) is 17.5 Å². The van der Waals surface area contributed by atoms with E-state index in [1.165, 1.54) is 13.1 Å². The number of amides is 1. The lowest BCUT2D eigenvalue weighted by Gasteiger charge is -2.07. The van der Waals surface area contributed by atoms with E-state index >= 15 is 0 Å². The van der Waals surface area contributed by atoms with Crippen LogP contribution >= 0.6 is 11.5 Å². The van der Waals surface area contributed by atoms with E-state index < -0.39 is 11.6 Å². The maximum atomic E-state index is 13.1. The van der Waals surface area contributed by atoms with Crippen LogP contribution in [0.4, 0.5) is 19.6 Å². The zero-order valence-electron chi connectivity index (χ0n) is 10.5. The fourth-order valence-electron chi connectivity index (χ4n) is 1.60. The predicted molar refractivity (Wildman–Crippen MR) is 73.6 cm³/mol. The molecule has 0 bridgehead atoms. The van der Waals surface area contributed by atoms with E-state index in [-0.39, 0.29) is 23.8 Å². The van der Waals surface area contributed by atoms with Crippen LogP contribution in [0.1, 0.15) is 15.9 Å². The summed E-state index contributed by atoms with van der Waals surface area (Å²) in [5.41, 5.74) is 6.41. The van der Waals surface area contributed by atoms with E-state index in [0.717, 1.165) is 23.7 Å². The Morgan fingerprint density at radius 3 is 2.80 bits per heavy atom. The van der Waals surface area contributed by atoms with Gasteiger partial charge in [0, 0.05) is 13.6 Å². The molecule has 8 heteroatoms. The van der Waals surface area contributed by atoms with E-state index in [0.29, 0.717) is 10.6 Å². The van der Waals surface area contributed by atoms with Gasteiger partial charge in [-0.05, 0) is 29.2 Å². The van der Waals surface area contributed by atoms with Gasteiger partial charge in [-0.1, -0.05) is 6.07 Å². The summed E-state index contributed by atoms with van der Waals surface area (Å²) in [6, 6.07) is 3.59. The van der Waals surface area contributed by atoms with Gasteiger partial charge in [0.2, 0.25) is 0 Å². The van der Waals surface area contributed by atoms with Gasteiger partial charge >= 0.3 is 0 Å². The van der Waals surface area contributed by atoms with Crippen LogP contribution in [0.5, 0.6) is 0 Å². The zero-order chi connectivity index (χ0) is 14.7. The minimum Gasteiger partial charge on any atom is -0.382 e. The van der Waals surface area contributed by atoms with Crippen molar-refractivity contribution >= 4 is 28.3 Å². The highest BCUT2D eigenvalue weighted by Crippen LogP contribution is 2.27. The highest BCUT2D eigenvalue weighted by atomic mass is 32.1. The molecule has 0 radical (unpaired) electrons. The van der Waals surface area contributed by atoms with E-state index in [2.05, 4.69) is 15.0 Å². The Balaban J connectivity index is 2.15. The van der Waals surface area contributed by atoms with Crippen molar-refractivity contribution in [2.75, 3.05) is 18.1 Å². The fourth-order valence-corrected chi connectivity index (χ4v) is 2.31. The molecule has 1 amide bonds. The molecular weight excluding hydrogens is 286 g/mol. The summed E-state index contributed by atoms with van der Waals surface area (Å²) in [5, 5.41) is 5.88. The lowest BCUT2D eigenvalue weighted by Crippen LogP contribution is -2.20. The van der Waals surface area contributed by atoms with Crippen LogP contribution in [0.3, 0.4) is 0 Å². The Labute approximate surface area is 118 Å². The third-order valence-corrected chi connectivity index (χ3v) is 3.43. The maximum absolute atomic E-state index is 13.1. The second kappa shape index (κ2) is 5.83. The second-order valence-corrected chi connectivity index (χ2v) is 4.73.